The zero-order chi connectivity index (χ0) is 18.9. The Morgan fingerprint density at radius 1 is 1.27 bits per heavy atom. The number of carbonyl (C=O) groups is 1. The van der Waals surface area contributed by atoms with Crippen molar-refractivity contribution in [2.75, 3.05) is 5.32 Å². The number of hydrogen-bond acceptors (Lipinski definition) is 4. The summed E-state index contributed by atoms with van der Waals surface area (Å²) in [5.41, 5.74) is -0.838. The van der Waals surface area contributed by atoms with Crippen molar-refractivity contribution in [3.8, 4) is 11.8 Å². The summed E-state index contributed by atoms with van der Waals surface area (Å²) >= 11 is 0. The molecular formula is C16H11F3N6O. The first-order chi connectivity index (χ1) is 12.3. The number of hydrogen-bond donors (Lipinski definition) is 1. The minimum Gasteiger partial charge on any atom is -0.304 e. The Hall–Kier alpha value is -3.61. The van der Waals surface area contributed by atoms with Crippen molar-refractivity contribution in [1.82, 2.24) is 19.6 Å². The minimum atomic E-state index is -4.67. The summed E-state index contributed by atoms with van der Waals surface area (Å²) in [5.74, 6) is -0.789. The lowest BCUT2D eigenvalue weighted by Gasteiger charge is -2.09. The lowest BCUT2D eigenvalue weighted by atomic mass is 10.3. The molecule has 26 heavy (non-hydrogen) atoms. The third kappa shape index (κ3) is 3.14. The van der Waals surface area contributed by atoms with E-state index in [0.29, 0.717) is 11.8 Å². The molecule has 3 rings (SSSR count). The molecule has 0 bridgehead atoms. The van der Waals surface area contributed by atoms with Crippen LogP contribution in [0.5, 0.6) is 0 Å². The fraction of sp³-hybridized carbons (Fsp3) is 0.125. The minimum absolute atomic E-state index is 0.0541. The SMILES string of the molecule is Cn1nc(C(F)(F)F)cc1C(=O)Nc1c(C#N)cnn1-c1ccccc1. The van der Waals surface area contributed by atoms with E-state index >= 15 is 0 Å². The molecule has 3 aromatic rings. The molecule has 7 nitrogen and oxygen atoms in total. The number of nitriles is 1. The largest absolute Gasteiger partial charge is 0.435 e. The summed E-state index contributed by atoms with van der Waals surface area (Å²) in [6.07, 6.45) is -3.41. The number of para-hydroxylation sites is 1. The molecule has 0 unspecified atom stereocenters. The maximum atomic E-state index is 12.8. The highest BCUT2D eigenvalue weighted by molar-refractivity contribution is 6.03. The Morgan fingerprint density at radius 3 is 2.54 bits per heavy atom. The molecule has 0 aliphatic rings. The third-order valence-corrected chi connectivity index (χ3v) is 3.53. The standard InChI is InChI=1S/C16H11F3N6O/c1-24-12(7-13(23-24)16(17,18)19)15(26)22-14-10(8-20)9-21-25(14)11-5-3-2-4-6-11/h2-7,9H,1H3,(H,22,26). The van der Waals surface area contributed by atoms with Gasteiger partial charge < -0.3 is 5.32 Å². The Balaban J connectivity index is 1.97. The smallest absolute Gasteiger partial charge is 0.304 e. The van der Waals surface area contributed by atoms with Crippen molar-refractivity contribution in [3.05, 3.63) is 59.5 Å². The summed E-state index contributed by atoms with van der Waals surface area (Å²) < 4.78 is 40.4. The highest BCUT2D eigenvalue weighted by Gasteiger charge is 2.35. The molecule has 10 heteroatoms. The molecule has 0 atom stereocenters. The van der Waals surface area contributed by atoms with Gasteiger partial charge in [-0.25, -0.2) is 4.68 Å². The van der Waals surface area contributed by atoms with Gasteiger partial charge in [0.1, 0.15) is 17.3 Å². The topological polar surface area (TPSA) is 88.5 Å². The average Bonchev–Trinajstić information content (AvgIpc) is 3.18. The number of alkyl halides is 3. The van der Waals surface area contributed by atoms with Crippen molar-refractivity contribution >= 4 is 11.7 Å². The monoisotopic (exact) mass is 360 g/mol. The predicted octanol–water partition coefficient (Wildman–Crippen LogP) is 2.75. The van der Waals surface area contributed by atoms with Crippen LogP contribution in [-0.4, -0.2) is 25.5 Å². The number of rotatable bonds is 3. The quantitative estimate of drug-likeness (QED) is 0.778. The second kappa shape index (κ2) is 6.36. The molecule has 1 amide bonds. The Bertz CT molecular complexity index is 997. The molecule has 1 aromatic carbocycles. The van der Waals surface area contributed by atoms with Crippen molar-refractivity contribution in [3.63, 3.8) is 0 Å². The molecule has 0 radical (unpaired) electrons. The molecular weight excluding hydrogens is 349 g/mol. The van der Waals surface area contributed by atoms with Gasteiger partial charge in [-0.05, 0) is 12.1 Å². The van der Waals surface area contributed by atoms with Crippen LogP contribution in [0.25, 0.3) is 5.69 Å². The first-order valence-electron chi connectivity index (χ1n) is 7.27. The van der Waals surface area contributed by atoms with Gasteiger partial charge in [0.05, 0.1) is 11.9 Å². The van der Waals surface area contributed by atoms with E-state index in [2.05, 4.69) is 15.5 Å². The molecule has 0 saturated carbocycles. The molecule has 2 heterocycles. The number of anilines is 1. The first kappa shape index (κ1) is 17.2. The van der Waals surface area contributed by atoms with Gasteiger partial charge in [0.15, 0.2) is 11.5 Å². The van der Waals surface area contributed by atoms with Crippen LogP contribution in [0.2, 0.25) is 0 Å². The predicted molar refractivity (Wildman–Crippen MR) is 84.4 cm³/mol. The Kier molecular flexibility index (Phi) is 4.21. The van der Waals surface area contributed by atoms with Gasteiger partial charge in [0.2, 0.25) is 0 Å². The maximum absolute atomic E-state index is 12.8. The number of aromatic nitrogens is 4. The highest BCUT2D eigenvalue weighted by atomic mass is 19.4. The van der Waals surface area contributed by atoms with Crippen LogP contribution in [0.4, 0.5) is 19.0 Å². The lowest BCUT2D eigenvalue weighted by Crippen LogP contribution is -2.19. The van der Waals surface area contributed by atoms with Crippen molar-refractivity contribution in [2.24, 2.45) is 7.05 Å². The molecule has 0 saturated heterocycles. The number of nitrogens with one attached hydrogen (secondary N) is 1. The van der Waals surface area contributed by atoms with E-state index in [0.717, 1.165) is 4.68 Å². The summed E-state index contributed by atoms with van der Waals surface area (Å²) in [4.78, 5) is 12.4. The molecule has 0 fully saturated rings. The van der Waals surface area contributed by atoms with Gasteiger partial charge in [-0.15, -0.1) is 0 Å². The summed E-state index contributed by atoms with van der Waals surface area (Å²) in [6.45, 7) is 0. The number of nitrogens with zero attached hydrogens (tertiary/aromatic N) is 5. The second-order valence-corrected chi connectivity index (χ2v) is 5.26. The van der Waals surface area contributed by atoms with Gasteiger partial charge in [-0.3, -0.25) is 9.48 Å². The zero-order valence-corrected chi connectivity index (χ0v) is 13.3. The lowest BCUT2D eigenvalue weighted by molar-refractivity contribution is -0.141. The average molecular weight is 360 g/mol. The van der Waals surface area contributed by atoms with E-state index in [-0.39, 0.29) is 17.1 Å². The first-order valence-corrected chi connectivity index (χ1v) is 7.27. The van der Waals surface area contributed by atoms with Crippen molar-refractivity contribution in [2.45, 2.75) is 6.18 Å². The van der Waals surface area contributed by atoms with Gasteiger partial charge in [0.25, 0.3) is 5.91 Å². The van der Waals surface area contributed by atoms with Crippen LogP contribution in [0.3, 0.4) is 0 Å². The summed E-state index contributed by atoms with van der Waals surface area (Å²) in [7, 11) is 1.23. The molecule has 132 valence electrons. The van der Waals surface area contributed by atoms with Crippen molar-refractivity contribution in [1.29, 1.82) is 5.26 Å². The number of aryl methyl sites for hydroxylation is 1. The van der Waals surface area contributed by atoms with Gasteiger partial charge >= 0.3 is 6.18 Å². The van der Waals surface area contributed by atoms with E-state index < -0.39 is 17.8 Å². The number of benzene rings is 1. The number of amides is 1. The summed E-state index contributed by atoms with van der Waals surface area (Å²) in [5, 5.41) is 19.0. The van der Waals surface area contributed by atoms with E-state index in [1.54, 1.807) is 30.3 Å². The van der Waals surface area contributed by atoms with Gasteiger partial charge in [0, 0.05) is 13.1 Å². The van der Waals surface area contributed by atoms with Crippen LogP contribution >= 0.6 is 0 Å². The number of halogens is 3. The second-order valence-electron chi connectivity index (χ2n) is 5.26. The molecule has 1 N–H and O–H groups in total. The van der Waals surface area contributed by atoms with Crippen LogP contribution in [0.1, 0.15) is 21.7 Å². The molecule has 0 spiro atoms. The zero-order valence-electron chi connectivity index (χ0n) is 13.3. The Morgan fingerprint density at radius 2 is 1.96 bits per heavy atom. The van der Waals surface area contributed by atoms with E-state index in [9.17, 15) is 23.2 Å². The van der Waals surface area contributed by atoms with Crippen LogP contribution in [0.15, 0.2) is 42.6 Å². The molecule has 2 aromatic heterocycles. The molecule has 0 aliphatic carbocycles. The normalized spacial score (nSPS) is 11.2. The fourth-order valence-corrected chi connectivity index (χ4v) is 2.31. The van der Waals surface area contributed by atoms with E-state index in [1.165, 1.54) is 17.9 Å². The van der Waals surface area contributed by atoms with Crippen LogP contribution in [-0.2, 0) is 13.2 Å². The van der Waals surface area contributed by atoms with Gasteiger partial charge in [-0.2, -0.15) is 28.6 Å². The van der Waals surface area contributed by atoms with Gasteiger partial charge in [-0.1, -0.05) is 18.2 Å². The van der Waals surface area contributed by atoms with Crippen LogP contribution in [0, 0.1) is 11.3 Å². The fourth-order valence-electron chi connectivity index (χ4n) is 2.31. The Labute approximate surface area is 145 Å². The van der Waals surface area contributed by atoms with Crippen LogP contribution < -0.4 is 5.32 Å². The van der Waals surface area contributed by atoms with Crippen molar-refractivity contribution < 1.29 is 18.0 Å². The van der Waals surface area contributed by atoms with E-state index in [1.807, 2.05) is 6.07 Å². The van der Waals surface area contributed by atoms with E-state index in [4.69, 9.17) is 0 Å². The highest BCUT2D eigenvalue weighted by Crippen LogP contribution is 2.28. The number of carbonyl (C=O) groups excluding carboxylic acids is 1. The third-order valence-electron chi connectivity index (χ3n) is 3.53. The summed E-state index contributed by atoms with van der Waals surface area (Å²) in [6, 6.07) is 11.2. The maximum Gasteiger partial charge on any atom is 0.435 e. The molecule has 0 aliphatic heterocycles.